The van der Waals surface area contributed by atoms with Crippen molar-refractivity contribution in [3.05, 3.63) is 70.6 Å². The third kappa shape index (κ3) is 3.13. The molecule has 3 aromatic rings. The summed E-state index contributed by atoms with van der Waals surface area (Å²) in [5, 5.41) is 0.505. The molecule has 0 amide bonds. The minimum absolute atomic E-state index is 0.105. The van der Waals surface area contributed by atoms with Crippen molar-refractivity contribution in [2.45, 2.75) is 0 Å². The highest BCUT2D eigenvalue weighted by molar-refractivity contribution is 5.93. The van der Waals surface area contributed by atoms with Gasteiger partial charge in [-0.05, 0) is 24.3 Å². The second-order valence-corrected chi connectivity index (χ2v) is 4.85. The number of fused-ring (bicyclic) bond motifs is 1. The van der Waals surface area contributed by atoms with E-state index in [9.17, 15) is 9.59 Å². The molecule has 0 atom stereocenters. The van der Waals surface area contributed by atoms with Crippen molar-refractivity contribution in [1.29, 1.82) is 0 Å². The summed E-state index contributed by atoms with van der Waals surface area (Å²) in [5.41, 5.74) is -0.167. The van der Waals surface area contributed by atoms with E-state index in [0.29, 0.717) is 16.5 Å². The van der Waals surface area contributed by atoms with Gasteiger partial charge in [0.25, 0.3) is 5.75 Å². The lowest BCUT2D eigenvalue weighted by Crippen LogP contribution is -2.16. The van der Waals surface area contributed by atoms with E-state index in [2.05, 4.69) is 0 Å². The molecule has 0 unspecified atom stereocenters. The van der Waals surface area contributed by atoms with Crippen molar-refractivity contribution in [3.63, 3.8) is 0 Å². The first kappa shape index (κ1) is 15.8. The fourth-order valence-electron chi connectivity index (χ4n) is 2.18. The molecule has 0 saturated carbocycles. The fourth-order valence-corrected chi connectivity index (χ4v) is 2.18. The standard InChI is InChI=1S/C18H14O6/c1-21-11-22-15-13-9-5-6-10-14(13)23-18(20)16(15)24-17(19)12-7-3-2-4-8-12/h2-10H,11H2,1H3. The molecule has 0 bridgehead atoms. The minimum Gasteiger partial charge on any atom is -0.463 e. The van der Waals surface area contributed by atoms with E-state index < -0.39 is 11.6 Å². The lowest BCUT2D eigenvalue weighted by molar-refractivity contribution is 0.0474. The van der Waals surface area contributed by atoms with Gasteiger partial charge in [0.15, 0.2) is 12.5 Å². The first-order valence-electron chi connectivity index (χ1n) is 7.15. The van der Waals surface area contributed by atoms with Crippen molar-refractivity contribution in [1.82, 2.24) is 0 Å². The van der Waals surface area contributed by atoms with Gasteiger partial charge in [-0.2, -0.15) is 0 Å². The number of carbonyl (C=O) groups is 1. The highest BCUT2D eigenvalue weighted by Crippen LogP contribution is 2.33. The molecule has 1 heterocycles. The van der Waals surface area contributed by atoms with Gasteiger partial charge in [-0.3, -0.25) is 0 Å². The van der Waals surface area contributed by atoms with E-state index in [1.165, 1.54) is 7.11 Å². The van der Waals surface area contributed by atoms with Crippen LogP contribution >= 0.6 is 0 Å². The quantitative estimate of drug-likeness (QED) is 0.408. The Kier molecular flexibility index (Phi) is 4.58. The van der Waals surface area contributed by atoms with Gasteiger partial charge in [-0.15, -0.1) is 0 Å². The molecule has 0 radical (unpaired) electrons. The summed E-state index contributed by atoms with van der Waals surface area (Å²) < 4.78 is 20.8. The second kappa shape index (κ2) is 6.97. The maximum atomic E-state index is 12.2. The van der Waals surface area contributed by atoms with Gasteiger partial charge >= 0.3 is 11.6 Å². The lowest BCUT2D eigenvalue weighted by atomic mass is 10.2. The van der Waals surface area contributed by atoms with Crippen LogP contribution in [0.25, 0.3) is 11.0 Å². The molecule has 0 N–H and O–H groups in total. The van der Waals surface area contributed by atoms with Crippen molar-refractivity contribution < 1.29 is 23.4 Å². The number of carbonyl (C=O) groups excluding carboxylic acids is 1. The first-order valence-corrected chi connectivity index (χ1v) is 7.15. The van der Waals surface area contributed by atoms with Crippen LogP contribution in [0.4, 0.5) is 0 Å². The van der Waals surface area contributed by atoms with Crippen LogP contribution < -0.4 is 15.1 Å². The summed E-state index contributed by atoms with van der Waals surface area (Å²) in [5.74, 6) is -0.881. The molecule has 0 fully saturated rings. The Hall–Kier alpha value is -3.12. The molecule has 6 nitrogen and oxygen atoms in total. The number of esters is 1. The molecule has 0 saturated heterocycles. The van der Waals surface area contributed by atoms with E-state index in [1.807, 2.05) is 0 Å². The topological polar surface area (TPSA) is 75.0 Å². The zero-order valence-corrected chi connectivity index (χ0v) is 12.9. The average Bonchev–Trinajstić information content (AvgIpc) is 2.62. The molecule has 24 heavy (non-hydrogen) atoms. The second-order valence-electron chi connectivity index (χ2n) is 4.85. The van der Waals surface area contributed by atoms with Gasteiger partial charge in [-0.25, -0.2) is 9.59 Å². The molecule has 0 spiro atoms. The smallest absolute Gasteiger partial charge is 0.383 e. The van der Waals surface area contributed by atoms with E-state index in [0.717, 1.165) is 0 Å². The van der Waals surface area contributed by atoms with E-state index in [4.69, 9.17) is 18.6 Å². The molecule has 0 aliphatic heterocycles. The highest BCUT2D eigenvalue weighted by atomic mass is 16.7. The number of rotatable bonds is 5. The van der Waals surface area contributed by atoms with Crippen LogP contribution in [0.15, 0.2) is 63.8 Å². The first-order chi connectivity index (χ1) is 11.7. The minimum atomic E-state index is -0.802. The monoisotopic (exact) mass is 326 g/mol. The number of benzene rings is 2. The number of para-hydroxylation sites is 1. The third-order valence-corrected chi connectivity index (χ3v) is 3.25. The van der Waals surface area contributed by atoms with Crippen molar-refractivity contribution >= 4 is 16.9 Å². The van der Waals surface area contributed by atoms with Gasteiger partial charge in [0.2, 0.25) is 0 Å². The van der Waals surface area contributed by atoms with Crippen LogP contribution in [0.5, 0.6) is 11.5 Å². The number of methoxy groups -OCH3 is 1. The van der Waals surface area contributed by atoms with Crippen molar-refractivity contribution in [3.8, 4) is 11.5 Å². The SMILES string of the molecule is COCOc1c(OC(=O)c2ccccc2)c(=O)oc2ccccc12. The van der Waals surface area contributed by atoms with Crippen LogP contribution in [-0.4, -0.2) is 19.9 Å². The predicted molar refractivity (Wildman–Crippen MR) is 86.4 cm³/mol. The Balaban J connectivity index is 2.07. The molecule has 0 aliphatic rings. The summed E-state index contributed by atoms with van der Waals surface area (Å²) in [6, 6.07) is 15.1. The molecular weight excluding hydrogens is 312 g/mol. The maximum absolute atomic E-state index is 12.2. The van der Waals surface area contributed by atoms with Crippen molar-refractivity contribution in [2.24, 2.45) is 0 Å². The Bertz CT molecular complexity index is 914. The van der Waals surface area contributed by atoms with Crippen LogP contribution in [0.2, 0.25) is 0 Å². The van der Waals surface area contributed by atoms with Crippen LogP contribution in [0, 0.1) is 0 Å². The van der Waals surface area contributed by atoms with E-state index >= 15 is 0 Å². The van der Waals surface area contributed by atoms with Crippen LogP contribution in [0.3, 0.4) is 0 Å². The van der Waals surface area contributed by atoms with Gasteiger partial charge < -0.3 is 18.6 Å². The van der Waals surface area contributed by atoms with E-state index in [-0.39, 0.29) is 18.3 Å². The Morgan fingerprint density at radius 3 is 2.46 bits per heavy atom. The molecule has 3 rings (SSSR count). The van der Waals surface area contributed by atoms with E-state index in [1.54, 1.807) is 54.6 Å². The van der Waals surface area contributed by atoms with Crippen LogP contribution in [-0.2, 0) is 4.74 Å². The predicted octanol–water partition coefficient (Wildman–Crippen LogP) is 2.99. The molecule has 2 aromatic carbocycles. The Labute approximate surface area is 137 Å². The third-order valence-electron chi connectivity index (χ3n) is 3.25. The number of ether oxygens (including phenoxy) is 3. The summed E-state index contributed by atoms with van der Waals surface area (Å²) >= 11 is 0. The van der Waals surface area contributed by atoms with Crippen molar-refractivity contribution in [2.75, 3.05) is 13.9 Å². The molecule has 1 aromatic heterocycles. The average molecular weight is 326 g/mol. The molecule has 0 aliphatic carbocycles. The normalized spacial score (nSPS) is 10.5. The van der Waals surface area contributed by atoms with Gasteiger partial charge in [-0.1, -0.05) is 30.3 Å². The molecule has 122 valence electrons. The largest absolute Gasteiger partial charge is 0.463 e. The molecular formula is C18H14O6. The zero-order valence-electron chi connectivity index (χ0n) is 12.9. The number of hydrogen-bond donors (Lipinski definition) is 0. The highest BCUT2D eigenvalue weighted by Gasteiger charge is 2.21. The fraction of sp³-hybridized carbons (Fsp3) is 0.111. The number of hydrogen-bond acceptors (Lipinski definition) is 6. The summed E-state index contributed by atoms with van der Waals surface area (Å²) in [7, 11) is 1.45. The summed E-state index contributed by atoms with van der Waals surface area (Å²) in [6.45, 7) is -0.108. The van der Waals surface area contributed by atoms with Gasteiger partial charge in [0.1, 0.15) is 5.58 Å². The Morgan fingerprint density at radius 1 is 1.00 bits per heavy atom. The maximum Gasteiger partial charge on any atom is 0.383 e. The molecule has 6 heteroatoms. The Morgan fingerprint density at radius 2 is 1.71 bits per heavy atom. The van der Waals surface area contributed by atoms with Crippen LogP contribution in [0.1, 0.15) is 10.4 Å². The van der Waals surface area contributed by atoms with Gasteiger partial charge in [0.05, 0.1) is 10.9 Å². The summed E-state index contributed by atoms with van der Waals surface area (Å²) in [6.07, 6.45) is 0. The van der Waals surface area contributed by atoms with Gasteiger partial charge in [0, 0.05) is 7.11 Å². The zero-order chi connectivity index (χ0) is 16.9. The lowest BCUT2D eigenvalue weighted by Gasteiger charge is -2.12. The summed E-state index contributed by atoms with van der Waals surface area (Å²) in [4.78, 5) is 24.5.